The summed E-state index contributed by atoms with van der Waals surface area (Å²) >= 11 is 0. The molecule has 29 heavy (non-hydrogen) atoms. The van der Waals surface area contributed by atoms with E-state index in [9.17, 15) is 21.6 Å². The monoisotopic (exact) mass is 436 g/mol. The molecule has 0 unspecified atom stereocenters. The van der Waals surface area contributed by atoms with Gasteiger partial charge in [0.15, 0.2) is 9.84 Å². The summed E-state index contributed by atoms with van der Waals surface area (Å²) in [5.74, 6) is -0.0640. The standard InChI is InChI=1S/C20H24N2O5S2/c1-14(16-6-8-18(9-7-16)28(3,24)25)21-29(26,27)19-10-11-20-17(13-19)5-4-12-22(20)15(2)23/h6-11,13-14,21H,4-5,12H2,1-3H3/t14-/m0/s1. The van der Waals surface area contributed by atoms with Crippen molar-refractivity contribution in [1.29, 1.82) is 0 Å². The van der Waals surface area contributed by atoms with Crippen LogP contribution in [0, 0.1) is 0 Å². The minimum atomic E-state index is -3.79. The van der Waals surface area contributed by atoms with Crippen LogP contribution in [-0.2, 0) is 31.1 Å². The third kappa shape index (κ3) is 4.68. The minimum Gasteiger partial charge on any atom is -0.312 e. The molecule has 9 heteroatoms. The number of anilines is 1. The van der Waals surface area contributed by atoms with E-state index in [1.807, 2.05) is 0 Å². The Morgan fingerprint density at radius 1 is 1.03 bits per heavy atom. The number of benzene rings is 2. The fourth-order valence-electron chi connectivity index (χ4n) is 3.44. The summed E-state index contributed by atoms with van der Waals surface area (Å²) in [5.41, 5.74) is 2.24. The lowest BCUT2D eigenvalue weighted by molar-refractivity contribution is -0.116. The Bertz CT molecular complexity index is 1140. The quantitative estimate of drug-likeness (QED) is 0.776. The van der Waals surface area contributed by atoms with Gasteiger partial charge in [0.05, 0.1) is 9.79 Å². The summed E-state index contributed by atoms with van der Waals surface area (Å²) in [6.45, 7) is 3.83. The van der Waals surface area contributed by atoms with Gasteiger partial charge in [0.1, 0.15) is 0 Å². The molecule has 0 saturated heterocycles. The third-order valence-electron chi connectivity index (χ3n) is 5.00. The number of nitrogens with one attached hydrogen (secondary N) is 1. The van der Waals surface area contributed by atoms with Gasteiger partial charge in [0.25, 0.3) is 0 Å². The number of nitrogens with zero attached hydrogens (tertiary/aromatic N) is 1. The predicted molar refractivity (Wildman–Crippen MR) is 111 cm³/mol. The molecule has 2 aromatic carbocycles. The van der Waals surface area contributed by atoms with Crippen molar-refractivity contribution < 1.29 is 21.6 Å². The fourth-order valence-corrected chi connectivity index (χ4v) is 5.35. The first-order valence-electron chi connectivity index (χ1n) is 9.22. The molecule has 0 fully saturated rings. The number of amides is 1. The molecule has 1 N–H and O–H groups in total. The molecule has 3 rings (SSSR count). The number of hydrogen-bond donors (Lipinski definition) is 1. The molecule has 0 radical (unpaired) electrons. The lowest BCUT2D eigenvalue weighted by atomic mass is 10.0. The number of carbonyl (C=O) groups is 1. The zero-order valence-electron chi connectivity index (χ0n) is 16.5. The fraction of sp³-hybridized carbons (Fsp3) is 0.350. The van der Waals surface area contributed by atoms with Crippen LogP contribution in [0.4, 0.5) is 5.69 Å². The van der Waals surface area contributed by atoms with Gasteiger partial charge in [-0.3, -0.25) is 4.79 Å². The molecular formula is C20H24N2O5S2. The number of hydrogen-bond acceptors (Lipinski definition) is 5. The van der Waals surface area contributed by atoms with Crippen molar-refractivity contribution in [2.45, 2.75) is 42.5 Å². The Balaban J connectivity index is 1.83. The van der Waals surface area contributed by atoms with E-state index < -0.39 is 25.9 Å². The number of rotatable bonds is 5. The molecule has 7 nitrogen and oxygen atoms in total. The van der Waals surface area contributed by atoms with Crippen molar-refractivity contribution in [2.75, 3.05) is 17.7 Å². The number of aryl methyl sites for hydroxylation is 1. The van der Waals surface area contributed by atoms with Gasteiger partial charge in [-0.25, -0.2) is 21.6 Å². The van der Waals surface area contributed by atoms with E-state index >= 15 is 0 Å². The van der Waals surface area contributed by atoms with Gasteiger partial charge in [-0.2, -0.15) is 0 Å². The van der Waals surface area contributed by atoms with Crippen LogP contribution >= 0.6 is 0 Å². The summed E-state index contributed by atoms with van der Waals surface area (Å²) in [7, 11) is -7.10. The van der Waals surface area contributed by atoms with Crippen molar-refractivity contribution in [1.82, 2.24) is 4.72 Å². The molecular weight excluding hydrogens is 412 g/mol. The second-order valence-corrected chi connectivity index (χ2v) is 11.0. The highest BCUT2D eigenvalue weighted by Gasteiger charge is 2.24. The maximum Gasteiger partial charge on any atom is 0.241 e. The van der Waals surface area contributed by atoms with E-state index in [-0.39, 0.29) is 15.7 Å². The predicted octanol–water partition coefficient (Wildman–Crippen LogP) is 2.43. The zero-order valence-corrected chi connectivity index (χ0v) is 18.2. The molecule has 2 aromatic rings. The minimum absolute atomic E-state index is 0.0640. The van der Waals surface area contributed by atoms with Crippen molar-refractivity contribution in [3.05, 3.63) is 53.6 Å². The second-order valence-electron chi connectivity index (χ2n) is 7.25. The first-order chi connectivity index (χ1) is 13.5. The Hall–Kier alpha value is -2.23. The molecule has 1 heterocycles. The lowest BCUT2D eigenvalue weighted by Gasteiger charge is -2.29. The Morgan fingerprint density at radius 2 is 1.66 bits per heavy atom. The molecule has 0 aromatic heterocycles. The highest BCUT2D eigenvalue weighted by Crippen LogP contribution is 2.30. The summed E-state index contributed by atoms with van der Waals surface area (Å²) in [6, 6.07) is 10.4. The maximum absolute atomic E-state index is 12.9. The van der Waals surface area contributed by atoms with Crippen molar-refractivity contribution >= 4 is 31.5 Å². The van der Waals surface area contributed by atoms with E-state index in [4.69, 9.17) is 0 Å². The van der Waals surface area contributed by atoms with Gasteiger partial charge in [-0.15, -0.1) is 0 Å². The largest absolute Gasteiger partial charge is 0.312 e. The average Bonchev–Trinajstić information content (AvgIpc) is 2.66. The van der Waals surface area contributed by atoms with E-state index in [0.29, 0.717) is 18.5 Å². The molecule has 0 saturated carbocycles. The summed E-state index contributed by atoms with van der Waals surface area (Å²) < 4.78 is 51.5. The van der Waals surface area contributed by atoms with Crippen LogP contribution in [0.3, 0.4) is 0 Å². The maximum atomic E-state index is 12.9. The van der Waals surface area contributed by atoms with Crippen molar-refractivity contribution in [2.24, 2.45) is 0 Å². The Morgan fingerprint density at radius 3 is 2.24 bits per heavy atom. The topological polar surface area (TPSA) is 101 Å². The van der Waals surface area contributed by atoms with Gasteiger partial charge >= 0.3 is 0 Å². The SMILES string of the molecule is CC(=O)N1CCCc2cc(S(=O)(=O)N[C@@H](C)c3ccc(S(C)(=O)=O)cc3)ccc21. The number of fused-ring (bicyclic) bond motifs is 1. The van der Waals surface area contributed by atoms with Gasteiger partial charge in [0.2, 0.25) is 15.9 Å². The van der Waals surface area contributed by atoms with Gasteiger partial charge < -0.3 is 4.90 Å². The lowest BCUT2D eigenvalue weighted by Crippen LogP contribution is -2.34. The summed E-state index contributed by atoms with van der Waals surface area (Å²) in [6.07, 6.45) is 2.62. The number of sulfonamides is 1. The number of sulfone groups is 1. The van der Waals surface area contributed by atoms with Crippen LogP contribution < -0.4 is 9.62 Å². The van der Waals surface area contributed by atoms with Crippen LogP contribution in [-0.4, -0.2) is 35.5 Å². The van der Waals surface area contributed by atoms with E-state index in [2.05, 4.69) is 4.72 Å². The smallest absolute Gasteiger partial charge is 0.241 e. The van der Waals surface area contributed by atoms with Crippen molar-refractivity contribution in [3.8, 4) is 0 Å². The van der Waals surface area contributed by atoms with Gasteiger partial charge in [0, 0.05) is 31.5 Å². The molecule has 0 aliphatic carbocycles. The first-order valence-corrected chi connectivity index (χ1v) is 12.6. The van der Waals surface area contributed by atoms with E-state index in [1.54, 1.807) is 36.1 Å². The molecule has 1 aliphatic heterocycles. The zero-order chi connectivity index (χ0) is 21.4. The summed E-state index contributed by atoms with van der Waals surface area (Å²) in [5, 5.41) is 0. The highest BCUT2D eigenvalue weighted by atomic mass is 32.2. The normalized spacial score (nSPS) is 15.6. The third-order valence-corrected chi connectivity index (χ3v) is 7.67. The van der Waals surface area contributed by atoms with Crippen LogP contribution in [0.15, 0.2) is 52.3 Å². The van der Waals surface area contributed by atoms with Gasteiger partial charge in [-0.1, -0.05) is 12.1 Å². The summed E-state index contributed by atoms with van der Waals surface area (Å²) in [4.78, 5) is 13.8. The van der Waals surface area contributed by atoms with Gasteiger partial charge in [-0.05, 0) is 61.2 Å². The average molecular weight is 437 g/mol. The van der Waals surface area contributed by atoms with Crippen molar-refractivity contribution in [3.63, 3.8) is 0 Å². The first kappa shape index (κ1) is 21.5. The Kier molecular flexibility index (Phi) is 5.84. The highest BCUT2D eigenvalue weighted by molar-refractivity contribution is 7.90. The second kappa shape index (κ2) is 7.89. The molecule has 1 amide bonds. The van der Waals surface area contributed by atoms with Crippen LogP contribution in [0.2, 0.25) is 0 Å². The molecule has 1 aliphatic rings. The van der Waals surface area contributed by atoms with E-state index in [0.717, 1.165) is 23.9 Å². The van der Waals surface area contributed by atoms with Crippen LogP contribution in [0.5, 0.6) is 0 Å². The van der Waals surface area contributed by atoms with Crippen LogP contribution in [0.25, 0.3) is 0 Å². The Labute approximate surface area is 171 Å². The molecule has 0 bridgehead atoms. The number of carbonyl (C=O) groups excluding carboxylic acids is 1. The van der Waals surface area contributed by atoms with Crippen LogP contribution in [0.1, 0.15) is 37.4 Å². The molecule has 156 valence electrons. The molecule has 1 atom stereocenters. The van der Waals surface area contributed by atoms with E-state index in [1.165, 1.54) is 25.1 Å². The molecule has 0 spiro atoms.